The van der Waals surface area contributed by atoms with E-state index in [4.69, 9.17) is 0 Å². The molecule has 0 unspecified atom stereocenters. The fourth-order valence-corrected chi connectivity index (χ4v) is 1.29. The van der Waals surface area contributed by atoms with Crippen molar-refractivity contribution in [3.63, 3.8) is 0 Å². The Hall–Kier alpha value is -1.74. The summed E-state index contributed by atoms with van der Waals surface area (Å²) in [6.45, 7) is 11.8. The molecule has 0 saturated heterocycles. The van der Waals surface area contributed by atoms with Crippen LogP contribution in [-0.4, -0.2) is 0 Å². The Morgan fingerprint density at radius 3 is 2.56 bits per heavy atom. The summed E-state index contributed by atoms with van der Waals surface area (Å²) in [4.78, 5) is 0. The first-order valence-electron chi connectivity index (χ1n) is 5.49. The van der Waals surface area contributed by atoms with E-state index in [-0.39, 0.29) is 0 Å². The predicted octanol–water partition coefficient (Wildman–Crippen LogP) is 4.34. The van der Waals surface area contributed by atoms with E-state index in [0.717, 1.165) is 24.0 Å². The lowest BCUT2D eigenvalue weighted by molar-refractivity contribution is 0.934. The minimum absolute atomic E-state index is 0.829. The minimum Gasteiger partial charge on any atom is -0.0961 e. The molecule has 0 radical (unpaired) electrons. The molecule has 0 atom stereocenters. The molecule has 0 heteroatoms. The molecule has 0 spiro atoms. The highest BCUT2D eigenvalue weighted by atomic mass is 14.0. The van der Waals surface area contributed by atoms with E-state index in [1.807, 2.05) is 19.1 Å². The molecule has 1 aliphatic rings. The maximum Gasteiger partial charge on any atom is 0.0177 e. The lowest BCUT2D eigenvalue weighted by atomic mass is 10.00. The molecule has 1 aliphatic carbocycles. The van der Waals surface area contributed by atoms with E-state index in [1.165, 1.54) is 11.1 Å². The van der Waals surface area contributed by atoms with Crippen LogP contribution in [0, 0.1) is 11.8 Å². The fourth-order valence-electron chi connectivity index (χ4n) is 1.29. The second-order valence-electron chi connectivity index (χ2n) is 4.16. The van der Waals surface area contributed by atoms with Gasteiger partial charge in [-0.2, -0.15) is 0 Å². The van der Waals surface area contributed by atoms with Crippen molar-refractivity contribution in [2.24, 2.45) is 0 Å². The van der Waals surface area contributed by atoms with Crippen LogP contribution in [0.15, 0.2) is 59.8 Å². The highest BCUT2D eigenvalue weighted by molar-refractivity contribution is 5.45. The normalized spacial score (nSPS) is 14.9. The molecule has 0 aromatic carbocycles. The van der Waals surface area contributed by atoms with E-state index in [9.17, 15) is 0 Å². The fraction of sp³-hybridized carbons (Fsp3) is 0.250. The van der Waals surface area contributed by atoms with Gasteiger partial charge in [0.25, 0.3) is 0 Å². The van der Waals surface area contributed by atoms with Gasteiger partial charge >= 0.3 is 0 Å². The van der Waals surface area contributed by atoms with Gasteiger partial charge in [-0.3, -0.25) is 0 Å². The standard InChI is InChI=1S/C16H18/c1-13(2)5-6-14(3)7-10-16-11-8-15(4)9-12-16/h5-6,8,11H,1,3,9,12H2,2,4H3/b6-5-. The summed E-state index contributed by atoms with van der Waals surface area (Å²) < 4.78 is 0. The summed E-state index contributed by atoms with van der Waals surface area (Å²) in [5, 5.41) is 0. The van der Waals surface area contributed by atoms with Crippen molar-refractivity contribution in [1.82, 2.24) is 0 Å². The molecule has 0 aliphatic heterocycles. The first-order valence-corrected chi connectivity index (χ1v) is 5.49. The van der Waals surface area contributed by atoms with Crippen LogP contribution < -0.4 is 0 Å². The van der Waals surface area contributed by atoms with Crippen molar-refractivity contribution in [2.75, 3.05) is 0 Å². The van der Waals surface area contributed by atoms with Gasteiger partial charge < -0.3 is 0 Å². The van der Waals surface area contributed by atoms with Gasteiger partial charge in [0.05, 0.1) is 0 Å². The second kappa shape index (κ2) is 5.98. The summed E-state index contributed by atoms with van der Waals surface area (Å²) in [6, 6.07) is 0. The molecule has 82 valence electrons. The highest BCUT2D eigenvalue weighted by Crippen LogP contribution is 2.16. The van der Waals surface area contributed by atoms with Crippen molar-refractivity contribution in [2.45, 2.75) is 26.7 Å². The summed E-state index contributed by atoms with van der Waals surface area (Å²) in [7, 11) is 0. The summed E-state index contributed by atoms with van der Waals surface area (Å²) >= 11 is 0. The Morgan fingerprint density at radius 2 is 2.00 bits per heavy atom. The third-order valence-electron chi connectivity index (χ3n) is 2.31. The second-order valence-corrected chi connectivity index (χ2v) is 4.16. The summed E-state index contributed by atoms with van der Waals surface area (Å²) in [6.07, 6.45) is 10.2. The van der Waals surface area contributed by atoms with Gasteiger partial charge in [0.1, 0.15) is 0 Å². The maximum absolute atomic E-state index is 3.88. The van der Waals surface area contributed by atoms with Gasteiger partial charge in [0.15, 0.2) is 0 Å². The van der Waals surface area contributed by atoms with Crippen LogP contribution in [0.5, 0.6) is 0 Å². The molecule has 0 aromatic heterocycles. The molecule has 0 aromatic rings. The average molecular weight is 210 g/mol. The van der Waals surface area contributed by atoms with Crippen molar-refractivity contribution in [3.05, 3.63) is 59.8 Å². The molecular formula is C16H18. The van der Waals surface area contributed by atoms with Gasteiger partial charge in [-0.15, -0.1) is 0 Å². The predicted molar refractivity (Wildman–Crippen MR) is 71.9 cm³/mol. The van der Waals surface area contributed by atoms with Crippen LogP contribution in [0.1, 0.15) is 26.7 Å². The quantitative estimate of drug-likeness (QED) is 0.469. The van der Waals surface area contributed by atoms with Crippen molar-refractivity contribution in [1.29, 1.82) is 0 Å². The number of hydrogen-bond acceptors (Lipinski definition) is 0. The first-order chi connectivity index (χ1) is 7.58. The smallest absolute Gasteiger partial charge is 0.0177 e. The highest BCUT2D eigenvalue weighted by Gasteiger charge is 1.99. The zero-order valence-electron chi connectivity index (χ0n) is 10.1. The Balaban J connectivity index is 2.62. The van der Waals surface area contributed by atoms with Gasteiger partial charge in [-0.25, -0.2) is 0 Å². The van der Waals surface area contributed by atoms with E-state index >= 15 is 0 Å². The minimum atomic E-state index is 0.829. The topological polar surface area (TPSA) is 0 Å². The Morgan fingerprint density at radius 1 is 1.25 bits per heavy atom. The van der Waals surface area contributed by atoms with Crippen molar-refractivity contribution in [3.8, 4) is 11.8 Å². The van der Waals surface area contributed by atoms with E-state index in [2.05, 4.69) is 44.1 Å². The molecule has 0 nitrogen and oxygen atoms in total. The Kier molecular flexibility index (Phi) is 4.61. The molecule has 0 saturated carbocycles. The number of allylic oxidation sites excluding steroid dienone is 8. The third-order valence-corrected chi connectivity index (χ3v) is 2.31. The van der Waals surface area contributed by atoms with Crippen LogP contribution in [0.3, 0.4) is 0 Å². The van der Waals surface area contributed by atoms with E-state index in [0.29, 0.717) is 0 Å². The van der Waals surface area contributed by atoms with Gasteiger partial charge in [-0.1, -0.05) is 54.4 Å². The molecule has 0 amide bonds. The molecule has 0 heterocycles. The summed E-state index contributed by atoms with van der Waals surface area (Å²) in [5.41, 5.74) is 4.45. The molecular weight excluding hydrogens is 192 g/mol. The van der Waals surface area contributed by atoms with Crippen LogP contribution in [-0.2, 0) is 0 Å². The van der Waals surface area contributed by atoms with E-state index in [1.54, 1.807) is 0 Å². The van der Waals surface area contributed by atoms with Gasteiger partial charge in [0, 0.05) is 11.1 Å². The first kappa shape index (κ1) is 12.3. The molecule has 0 bridgehead atoms. The van der Waals surface area contributed by atoms with Crippen molar-refractivity contribution < 1.29 is 0 Å². The molecule has 0 fully saturated rings. The average Bonchev–Trinajstić information content (AvgIpc) is 2.25. The molecule has 1 rings (SSSR count). The molecule has 16 heavy (non-hydrogen) atoms. The zero-order valence-corrected chi connectivity index (χ0v) is 10.1. The largest absolute Gasteiger partial charge is 0.0961 e. The number of rotatable bonds is 2. The van der Waals surface area contributed by atoms with Crippen LogP contribution >= 0.6 is 0 Å². The Labute approximate surface area is 98.8 Å². The Bertz CT molecular complexity index is 442. The van der Waals surface area contributed by atoms with Crippen LogP contribution in [0.25, 0.3) is 0 Å². The third kappa shape index (κ3) is 4.66. The lowest BCUT2D eigenvalue weighted by Crippen LogP contribution is -1.88. The molecule has 0 N–H and O–H groups in total. The monoisotopic (exact) mass is 210 g/mol. The van der Waals surface area contributed by atoms with Gasteiger partial charge in [-0.05, 0) is 32.8 Å². The van der Waals surface area contributed by atoms with Gasteiger partial charge in [0.2, 0.25) is 0 Å². The number of hydrogen-bond donors (Lipinski definition) is 0. The van der Waals surface area contributed by atoms with Crippen molar-refractivity contribution >= 4 is 0 Å². The summed E-state index contributed by atoms with van der Waals surface area (Å²) in [5.74, 6) is 6.20. The van der Waals surface area contributed by atoms with Crippen LogP contribution in [0.2, 0.25) is 0 Å². The van der Waals surface area contributed by atoms with E-state index < -0.39 is 0 Å². The van der Waals surface area contributed by atoms with Crippen LogP contribution in [0.4, 0.5) is 0 Å². The maximum atomic E-state index is 3.88. The lowest BCUT2D eigenvalue weighted by Gasteiger charge is -2.05. The SMILES string of the molecule is C=C(C)/C=C\C(=C)C#CC1=CC=C(C)CC1. The zero-order chi connectivity index (χ0) is 12.0.